The fourth-order valence-electron chi connectivity index (χ4n) is 2.47. The van der Waals surface area contributed by atoms with Crippen molar-refractivity contribution < 1.29 is 4.79 Å². The van der Waals surface area contributed by atoms with Crippen LogP contribution in [0.1, 0.15) is 24.0 Å². The molecule has 0 spiro atoms. The molecule has 3 N–H and O–H groups in total. The van der Waals surface area contributed by atoms with Crippen molar-refractivity contribution >= 4 is 23.4 Å². The van der Waals surface area contributed by atoms with Gasteiger partial charge >= 0.3 is 0 Å². The minimum Gasteiger partial charge on any atom is -0.330 e. The fraction of sp³-hybridized carbons (Fsp3) is 0.562. The Morgan fingerprint density at radius 3 is 2.86 bits per heavy atom. The van der Waals surface area contributed by atoms with Gasteiger partial charge in [-0.15, -0.1) is 0 Å². The quantitative estimate of drug-likeness (QED) is 0.846. The highest BCUT2D eigenvalue weighted by molar-refractivity contribution is 7.99. The van der Waals surface area contributed by atoms with Gasteiger partial charge in [-0.2, -0.15) is 11.8 Å². The second kappa shape index (κ2) is 8.41. The maximum absolute atomic E-state index is 11.8. The first-order valence-electron chi connectivity index (χ1n) is 7.59. The summed E-state index contributed by atoms with van der Waals surface area (Å²) in [5, 5.41) is 3.01. The van der Waals surface area contributed by atoms with Crippen LogP contribution in [-0.4, -0.2) is 41.9 Å². The van der Waals surface area contributed by atoms with Crippen molar-refractivity contribution in [3.8, 4) is 0 Å². The molecule has 1 aliphatic rings. The van der Waals surface area contributed by atoms with Gasteiger partial charge in [-0.25, -0.2) is 0 Å². The van der Waals surface area contributed by atoms with E-state index in [1.165, 1.54) is 22.6 Å². The molecule has 21 heavy (non-hydrogen) atoms. The van der Waals surface area contributed by atoms with E-state index in [9.17, 15) is 4.79 Å². The van der Waals surface area contributed by atoms with E-state index < -0.39 is 0 Å². The average Bonchev–Trinajstić information content (AvgIpc) is 2.50. The van der Waals surface area contributed by atoms with Gasteiger partial charge in [0.1, 0.15) is 0 Å². The molecule has 1 fully saturated rings. The number of carbonyl (C=O) groups is 1. The second-order valence-electron chi connectivity index (χ2n) is 5.42. The zero-order valence-electron chi connectivity index (χ0n) is 12.7. The van der Waals surface area contributed by atoms with E-state index in [0.717, 1.165) is 31.7 Å². The Bertz CT molecular complexity index is 473. The lowest BCUT2D eigenvalue weighted by Crippen LogP contribution is -2.32. The Balaban J connectivity index is 1.99. The molecule has 1 saturated heterocycles. The summed E-state index contributed by atoms with van der Waals surface area (Å²) in [6.45, 7) is 5.92. The molecule has 0 unspecified atom stereocenters. The summed E-state index contributed by atoms with van der Waals surface area (Å²) in [6.07, 6.45) is 1.22. The maximum atomic E-state index is 11.8. The number of hydrogen-bond acceptors (Lipinski definition) is 4. The molecule has 2 rings (SSSR count). The smallest absolute Gasteiger partial charge is 0.224 e. The normalized spacial score (nSPS) is 15.9. The summed E-state index contributed by atoms with van der Waals surface area (Å²) < 4.78 is 0. The molecule has 0 bridgehead atoms. The van der Waals surface area contributed by atoms with Crippen LogP contribution in [0.2, 0.25) is 0 Å². The molecular formula is C16H25N3OS. The number of anilines is 1. The van der Waals surface area contributed by atoms with E-state index in [1.807, 2.05) is 23.9 Å². The molecule has 5 heteroatoms. The lowest BCUT2D eigenvalue weighted by molar-refractivity contribution is -0.116. The molecule has 1 aliphatic heterocycles. The number of benzene rings is 1. The van der Waals surface area contributed by atoms with E-state index in [0.29, 0.717) is 13.0 Å². The molecule has 0 aromatic heterocycles. The highest BCUT2D eigenvalue weighted by atomic mass is 32.2. The second-order valence-corrected chi connectivity index (χ2v) is 6.64. The lowest BCUT2D eigenvalue weighted by Gasteiger charge is -2.27. The summed E-state index contributed by atoms with van der Waals surface area (Å²) in [7, 11) is 0. The Morgan fingerprint density at radius 1 is 1.38 bits per heavy atom. The topological polar surface area (TPSA) is 58.4 Å². The fourth-order valence-corrected chi connectivity index (χ4v) is 3.44. The summed E-state index contributed by atoms with van der Waals surface area (Å²) in [4.78, 5) is 14.3. The third-order valence-electron chi connectivity index (χ3n) is 3.83. The molecule has 0 saturated carbocycles. The standard InChI is InChI=1S/C16H25N3OS/c1-13-14(12-19-8-10-21-11-9-19)4-2-5-15(13)18-16(20)6-3-7-17/h2,4-5H,3,6-12,17H2,1H3,(H,18,20). The molecule has 0 radical (unpaired) electrons. The number of amides is 1. The van der Waals surface area contributed by atoms with Crippen molar-refractivity contribution in [2.75, 3.05) is 36.5 Å². The van der Waals surface area contributed by atoms with Crippen molar-refractivity contribution in [2.45, 2.75) is 26.3 Å². The van der Waals surface area contributed by atoms with Crippen LogP contribution in [-0.2, 0) is 11.3 Å². The van der Waals surface area contributed by atoms with Crippen molar-refractivity contribution in [3.63, 3.8) is 0 Å². The van der Waals surface area contributed by atoms with Gasteiger partial charge in [0.25, 0.3) is 0 Å². The first kappa shape index (κ1) is 16.3. The number of nitrogens with one attached hydrogen (secondary N) is 1. The predicted molar refractivity (Wildman–Crippen MR) is 90.7 cm³/mol. The molecule has 1 heterocycles. The van der Waals surface area contributed by atoms with Crippen LogP contribution in [0.3, 0.4) is 0 Å². The molecular weight excluding hydrogens is 282 g/mol. The van der Waals surface area contributed by atoms with E-state index in [4.69, 9.17) is 5.73 Å². The minimum atomic E-state index is 0.0510. The maximum Gasteiger partial charge on any atom is 0.224 e. The number of carbonyl (C=O) groups excluding carboxylic acids is 1. The van der Waals surface area contributed by atoms with E-state index in [-0.39, 0.29) is 5.91 Å². The number of nitrogens with two attached hydrogens (primary N) is 1. The van der Waals surface area contributed by atoms with Gasteiger partial charge in [0.2, 0.25) is 5.91 Å². The zero-order chi connectivity index (χ0) is 15.1. The number of nitrogens with zero attached hydrogens (tertiary/aromatic N) is 1. The van der Waals surface area contributed by atoms with E-state index in [1.54, 1.807) is 0 Å². The molecule has 4 nitrogen and oxygen atoms in total. The minimum absolute atomic E-state index is 0.0510. The van der Waals surface area contributed by atoms with Gasteiger partial charge in [-0.3, -0.25) is 9.69 Å². The van der Waals surface area contributed by atoms with Crippen LogP contribution in [0, 0.1) is 6.92 Å². The average molecular weight is 307 g/mol. The lowest BCUT2D eigenvalue weighted by atomic mass is 10.1. The van der Waals surface area contributed by atoms with Gasteiger partial charge in [-0.05, 0) is 37.1 Å². The Kier molecular flexibility index (Phi) is 6.54. The highest BCUT2D eigenvalue weighted by Crippen LogP contribution is 2.22. The van der Waals surface area contributed by atoms with Gasteiger partial charge in [-0.1, -0.05) is 12.1 Å². The molecule has 116 valence electrons. The predicted octanol–water partition coefficient (Wildman–Crippen LogP) is 2.22. The van der Waals surface area contributed by atoms with Crippen LogP contribution in [0.4, 0.5) is 5.69 Å². The van der Waals surface area contributed by atoms with Crippen LogP contribution >= 0.6 is 11.8 Å². The Morgan fingerprint density at radius 2 is 2.14 bits per heavy atom. The van der Waals surface area contributed by atoms with Crippen LogP contribution in [0.5, 0.6) is 0 Å². The third-order valence-corrected chi connectivity index (χ3v) is 4.77. The van der Waals surface area contributed by atoms with Crippen molar-refractivity contribution in [2.24, 2.45) is 5.73 Å². The Labute approximate surface area is 131 Å². The molecule has 0 atom stereocenters. The van der Waals surface area contributed by atoms with Crippen molar-refractivity contribution in [1.29, 1.82) is 0 Å². The van der Waals surface area contributed by atoms with E-state index in [2.05, 4.69) is 23.2 Å². The number of thioether (sulfide) groups is 1. The molecule has 1 amide bonds. The molecule has 1 aromatic carbocycles. The Hall–Kier alpha value is -1.04. The van der Waals surface area contributed by atoms with Crippen molar-refractivity contribution in [1.82, 2.24) is 4.90 Å². The molecule has 0 aliphatic carbocycles. The highest BCUT2D eigenvalue weighted by Gasteiger charge is 2.13. The third kappa shape index (κ3) is 5.02. The monoisotopic (exact) mass is 307 g/mol. The summed E-state index contributed by atoms with van der Waals surface area (Å²) >= 11 is 2.02. The van der Waals surface area contributed by atoms with Gasteiger partial charge < -0.3 is 11.1 Å². The largest absolute Gasteiger partial charge is 0.330 e. The first-order valence-corrected chi connectivity index (χ1v) is 8.74. The van der Waals surface area contributed by atoms with Gasteiger partial charge in [0, 0.05) is 43.2 Å². The van der Waals surface area contributed by atoms with Gasteiger partial charge in [0.05, 0.1) is 0 Å². The number of rotatable bonds is 6. The van der Waals surface area contributed by atoms with Crippen LogP contribution in [0.25, 0.3) is 0 Å². The zero-order valence-corrected chi connectivity index (χ0v) is 13.5. The van der Waals surface area contributed by atoms with Crippen LogP contribution in [0.15, 0.2) is 18.2 Å². The van der Waals surface area contributed by atoms with Crippen LogP contribution < -0.4 is 11.1 Å². The molecule has 1 aromatic rings. The first-order chi connectivity index (χ1) is 10.2. The van der Waals surface area contributed by atoms with Crippen molar-refractivity contribution in [3.05, 3.63) is 29.3 Å². The summed E-state index contributed by atoms with van der Waals surface area (Å²) in [5.74, 6) is 2.48. The van der Waals surface area contributed by atoms with E-state index >= 15 is 0 Å². The summed E-state index contributed by atoms with van der Waals surface area (Å²) in [6, 6.07) is 6.16. The summed E-state index contributed by atoms with van der Waals surface area (Å²) in [5.41, 5.74) is 8.85. The number of hydrogen-bond donors (Lipinski definition) is 2. The van der Waals surface area contributed by atoms with Gasteiger partial charge in [0.15, 0.2) is 0 Å². The SMILES string of the molecule is Cc1c(CN2CCSCC2)cccc1NC(=O)CCCN.